The van der Waals surface area contributed by atoms with Gasteiger partial charge in [-0.15, -0.1) is 0 Å². The van der Waals surface area contributed by atoms with Crippen molar-refractivity contribution in [3.05, 3.63) is 65.2 Å². The van der Waals surface area contributed by atoms with Gasteiger partial charge in [-0.3, -0.25) is 0 Å². The first-order chi connectivity index (χ1) is 9.20. The molecule has 1 unspecified atom stereocenters. The summed E-state index contributed by atoms with van der Waals surface area (Å²) in [6, 6.07) is 16.4. The van der Waals surface area contributed by atoms with Crippen molar-refractivity contribution in [3.63, 3.8) is 0 Å². The van der Waals surface area contributed by atoms with E-state index < -0.39 is 0 Å². The third-order valence-corrected chi connectivity index (χ3v) is 3.33. The molecule has 2 heteroatoms. The average Bonchev–Trinajstić information content (AvgIpc) is 2.45. The quantitative estimate of drug-likeness (QED) is 0.877. The van der Waals surface area contributed by atoms with Crippen LogP contribution in [-0.2, 0) is 6.61 Å². The molecule has 1 atom stereocenters. The van der Waals surface area contributed by atoms with Gasteiger partial charge in [-0.1, -0.05) is 43.3 Å². The second-order valence-electron chi connectivity index (χ2n) is 4.81. The van der Waals surface area contributed by atoms with Gasteiger partial charge in [0.15, 0.2) is 0 Å². The van der Waals surface area contributed by atoms with E-state index in [-0.39, 0.29) is 6.04 Å². The van der Waals surface area contributed by atoms with E-state index >= 15 is 0 Å². The Hall–Kier alpha value is -1.80. The Morgan fingerprint density at radius 3 is 2.47 bits per heavy atom. The first kappa shape index (κ1) is 13.6. The average molecular weight is 255 g/mol. The molecule has 2 aromatic carbocycles. The van der Waals surface area contributed by atoms with E-state index in [1.54, 1.807) is 0 Å². The second kappa shape index (κ2) is 6.39. The zero-order chi connectivity index (χ0) is 13.7. The van der Waals surface area contributed by atoms with Gasteiger partial charge in [-0.25, -0.2) is 0 Å². The summed E-state index contributed by atoms with van der Waals surface area (Å²) in [6.07, 6.45) is 0.949. The Morgan fingerprint density at radius 1 is 1.11 bits per heavy atom. The van der Waals surface area contributed by atoms with Crippen molar-refractivity contribution >= 4 is 0 Å². The van der Waals surface area contributed by atoms with Crippen LogP contribution in [0.4, 0.5) is 0 Å². The molecule has 0 aliphatic heterocycles. The topological polar surface area (TPSA) is 35.2 Å². The molecule has 0 spiro atoms. The molecule has 0 aliphatic rings. The molecule has 100 valence electrons. The summed E-state index contributed by atoms with van der Waals surface area (Å²) in [4.78, 5) is 0. The molecule has 0 heterocycles. The molecule has 2 aromatic rings. The fourth-order valence-corrected chi connectivity index (χ4v) is 2.11. The Kier molecular flexibility index (Phi) is 4.58. The normalized spacial score (nSPS) is 12.2. The zero-order valence-electron chi connectivity index (χ0n) is 11.6. The van der Waals surface area contributed by atoms with Crippen LogP contribution in [0.3, 0.4) is 0 Å². The molecule has 0 fully saturated rings. The number of benzene rings is 2. The van der Waals surface area contributed by atoms with E-state index in [1.807, 2.05) is 24.3 Å². The third kappa shape index (κ3) is 3.58. The van der Waals surface area contributed by atoms with Gasteiger partial charge in [0.1, 0.15) is 12.4 Å². The van der Waals surface area contributed by atoms with Crippen LogP contribution in [0.2, 0.25) is 0 Å². The molecule has 2 nitrogen and oxygen atoms in total. The summed E-state index contributed by atoms with van der Waals surface area (Å²) in [5, 5.41) is 0. The highest BCUT2D eigenvalue weighted by molar-refractivity contribution is 5.36. The molecule has 0 aliphatic carbocycles. The number of ether oxygens (including phenoxy) is 1. The maximum atomic E-state index is 6.07. The molecular formula is C17H21NO. The molecular weight excluding hydrogens is 234 g/mol. The van der Waals surface area contributed by atoms with Crippen molar-refractivity contribution in [2.24, 2.45) is 5.73 Å². The lowest BCUT2D eigenvalue weighted by molar-refractivity contribution is 0.306. The van der Waals surface area contributed by atoms with Gasteiger partial charge in [0.05, 0.1) is 0 Å². The largest absolute Gasteiger partial charge is 0.489 e. The van der Waals surface area contributed by atoms with Crippen LogP contribution in [-0.4, -0.2) is 0 Å². The van der Waals surface area contributed by atoms with Crippen LogP contribution >= 0.6 is 0 Å². The maximum absolute atomic E-state index is 6.07. The fraction of sp³-hybridized carbons (Fsp3) is 0.294. The van der Waals surface area contributed by atoms with Gasteiger partial charge < -0.3 is 10.5 Å². The molecule has 0 amide bonds. The van der Waals surface area contributed by atoms with Crippen LogP contribution in [0.5, 0.6) is 5.75 Å². The molecule has 0 saturated heterocycles. The van der Waals surface area contributed by atoms with Crippen LogP contribution in [0.15, 0.2) is 48.5 Å². The third-order valence-electron chi connectivity index (χ3n) is 3.33. The highest BCUT2D eigenvalue weighted by atomic mass is 16.5. The number of aryl methyl sites for hydroxylation is 1. The minimum Gasteiger partial charge on any atom is -0.489 e. The highest BCUT2D eigenvalue weighted by Gasteiger charge is 2.07. The smallest absolute Gasteiger partial charge is 0.120 e. The number of nitrogens with two attached hydrogens (primary N) is 1. The van der Waals surface area contributed by atoms with E-state index in [9.17, 15) is 0 Å². The summed E-state index contributed by atoms with van der Waals surface area (Å²) >= 11 is 0. The summed E-state index contributed by atoms with van der Waals surface area (Å²) in [5.41, 5.74) is 9.64. The summed E-state index contributed by atoms with van der Waals surface area (Å²) in [6.45, 7) is 4.78. The Labute approximate surface area is 115 Å². The van der Waals surface area contributed by atoms with Gasteiger partial charge in [-0.2, -0.15) is 0 Å². The fourth-order valence-electron chi connectivity index (χ4n) is 2.11. The van der Waals surface area contributed by atoms with E-state index in [0.29, 0.717) is 6.61 Å². The van der Waals surface area contributed by atoms with E-state index in [2.05, 4.69) is 38.1 Å². The van der Waals surface area contributed by atoms with Crippen molar-refractivity contribution in [3.8, 4) is 5.75 Å². The number of rotatable bonds is 5. The predicted octanol–water partition coefficient (Wildman–Crippen LogP) is 3.98. The lowest BCUT2D eigenvalue weighted by Gasteiger charge is -2.14. The molecule has 0 saturated carbocycles. The van der Waals surface area contributed by atoms with E-state index in [0.717, 1.165) is 12.2 Å². The van der Waals surface area contributed by atoms with Crippen molar-refractivity contribution < 1.29 is 4.74 Å². The number of hydrogen-bond acceptors (Lipinski definition) is 2. The van der Waals surface area contributed by atoms with Gasteiger partial charge >= 0.3 is 0 Å². The molecule has 2 rings (SSSR count). The highest BCUT2D eigenvalue weighted by Crippen LogP contribution is 2.23. The Morgan fingerprint density at radius 2 is 1.84 bits per heavy atom. The molecule has 0 aromatic heterocycles. The minimum absolute atomic E-state index is 0.114. The summed E-state index contributed by atoms with van der Waals surface area (Å²) in [7, 11) is 0. The van der Waals surface area contributed by atoms with Crippen LogP contribution < -0.4 is 10.5 Å². The van der Waals surface area contributed by atoms with Gasteiger partial charge in [0.25, 0.3) is 0 Å². The monoisotopic (exact) mass is 255 g/mol. The number of hydrogen-bond donors (Lipinski definition) is 1. The van der Waals surface area contributed by atoms with E-state index in [1.165, 1.54) is 16.7 Å². The Bertz CT molecular complexity index is 522. The van der Waals surface area contributed by atoms with Crippen LogP contribution in [0.1, 0.15) is 36.1 Å². The lowest BCUT2D eigenvalue weighted by atomic mass is 10.00. The SMILES string of the molecule is CCC(N)c1ccc(OCc2ccccc2)cc1C. The zero-order valence-corrected chi connectivity index (χ0v) is 11.6. The van der Waals surface area contributed by atoms with Gasteiger partial charge in [0.2, 0.25) is 0 Å². The second-order valence-corrected chi connectivity index (χ2v) is 4.81. The van der Waals surface area contributed by atoms with Crippen molar-refractivity contribution in [2.45, 2.75) is 32.9 Å². The predicted molar refractivity (Wildman–Crippen MR) is 79.2 cm³/mol. The van der Waals surface area contributed by atoms with Crippen molar-refractivity contribution in [1.29, 1.82) is 0 Å². The van der Waals surface area contributed by atoms with E-state index in [4.69, 9.17) is 10.5 Å². The van der Waals surface area contributed by atoms with Gasteiger partial charge in [0, 0.05) is 6.04 Å². The lowest BCUT2D eigenvalue weighted by Crippen LogP contribution is -2.10. The minimum atomic E-state index is 0.114. The standard InChI is InChI=1S/C17H21NO/c1-3-17(18)16-10-9-15(11-13(16)2)19-12-14-7-5-4-6-8-14/h4-11,17H,3,12,18H2,1-2H3. The molecule has 19 heavy (non-hydrogen) atoms. The van der Waals surface area contributed by atoms with Crippen molar-refractivity contribution in [2.75, 3.05) is 0 Å². The van der Waals surface area contributed by atoms with Crippen LogP contribution in [0.25, 0.3) is 0 Å². The van der Waals surface area contributed by atoms with Crippen LogP contribution in [0, 0.1) is 6.92 Å². The van der Waals surface area contributed by atoms with Gasteiger partial charge in [-0.05, 0) is 42.2 Å². The Balaban J connectivity index is 2.04. The summed E-state index contributed by atoms with van der Waals surface area (Å²) in [5.74, 6) is 0.897. The molecule has 0 bridgehead atoms. The van der Waals surface area contributed by atoms with Crippen molar-refractivity contribution in [1.82, 2.24) is 0 Å². The summed E-state index contributed by atoms with van der Waals surface area (Å²) < 4.78 is 5.80. The molecule has 0 radical (unpaired) electrons. The first-order valence-corrected chi connectivity index (χ1v) is 6.73. The first-order valence-electron chi connectivity index (χ1n) is 6.73. The maximum Gasteiger partial charge on any atom is 0.120 e. The molecule has 2 N–H and O–H groups in total.